The van der Waals surface area contributed by atoms with Crippen LogP contribution in [0.25, 0.3) is 0 Å². The van der Waals surface area contributed by atoms with Crippen molar-refractivity contribution in [1.82, 2.24) is 0 Å². The Morgan fingerprint density at radius 2 is 0.891 bits per heavy atom. The van der Waals surface area contributed by atoms with Crippen molar-refractivity contribution in [2.45, 2.75) is 193 Å². The van der Waals surface area contributed by atoms with Crippen LogP contribution in [0.15, 0.2) is 109 Å². The minimum absolute atomic E-state index is 0.0134. The number of phosphoric ester groups is 1. The predicted molar refractivity (Wildman–Crippen MR) is 269 cm³/mol. The van der Waals surface area contributed by atoms with Crippen LogP contribution >= 0.6 is 7.82 Å². The smallest absolute Gasteiger partial charge is 0.457 e. The van der Waals surface area contributed by atoms with Crippen LogP contribution in [0.2, 0.25) is 0 Å². The Labute approximate surface area is 390 Å². The second-order valence-electron chi connectivity index (χ2n) is 16.1. The third kappa shape index (κ3) is 48.6. The van der Waals surface area contributed by atoms with E-state index in [-0.39, 0.29) is 13.0 Å². The molecule has 9 nitrogen and oxygen atoms in total. The van der Waals surface area contributed by atoms with Crippen LogP contribution in [0.4, 0.5) is 0 Å². The van der Waals surface area contributed by atoms with E-state index in [1.165, 1.54) is 38.5 Å². The van der Waals surface area contributed by atoms with Crippen LogP contribution in [0, 0.1) is 0 Å². The zero-order chi connectivity index (χ0) is 46.7. The molecule has 0 aromatic carbocycles. The number of aliphatic hydroxyl groups excluding tert-OH is 2. The molecule has 0 bridgehead atoms. The molecule has 0 saturated heterocycles. The van der Waals surface area contributed by atoms with Gasteiger partial charge in [0.15, 0.2) is 0 Å². The van der Waals surface area contributed by atoms with Crippen LogP contribution in [0.5, 0.6) is 0 Å². The van der Waals surface area contributed by atoms with Crippen molar-refractivity contribution in [2.24, 2.45) is 0 Å². The molecule has 0 spiro atoms. The van der Waals surface area contributed by atoms with E-state index >= 15 is 0 Å². The summed E-state index contributed by atoms with van der Waals surface area (Å²) in [6.45, 7) is 3.27. The van der Waals surface area contributed by atoms with E-state index in [4.69, 9.17) is 23.6 Å². The molecule has 3 atom stereocenters. The molecule has 0 rings (SSSR count). The second-order valence-corrected chi connectivity index (χ2v) is 17.5. The maximum absolute atomic E-state index is 12.7. The van der Waals surface area contributed by atoms with Gasteiger partial charge in [-0.05, 0) is 103 Å². The largest absolute Gasteiger partial charge is 0.472 e. The van der Waals surface area contributed by atoms with E-state index < -0.39 is 45.8 Å². The summed E-state index contributed by atoms with van der Waals surface area (Å²) in [5.41, 5.74) is 0. The lowest BCUT2D eigenvalue weighted by Gasteiger charge is -2.20. The zero-order valence-electron chi connectivity index (χ0n) is 40.2. The van der Waals surface area contributed by atoms with Crippen molar-refractivity contribution in [2.75, 3.05) is 33.0 Å². The van der Waals surface area contributed by atoms with Crippen LogP contribution < -0.4 is 0 Å². The lowest BCUT2D eigenvalue weighted by Crippen LogP contribution is -2.29. The van der Waals surface area contributed by atoms with Crippen molar-refractivity contribution < 1.29 is 43.0 Å². The van der Waals surface area contributed by atoms with Crippen LogP contribution in [-0.4, -0.2) is 66.3 Å². The number of rotatable bonds is 46. The minimum Gasteiger partial charge on any atom is -0.457 e. The molecule has 0 aliphatic carbocycles. The van der Waals surface area contributed by atoms with Gasteiger partial charge in [-0.3, -0.25) is 13.8 Å². The van der Waals surface area contributed by atoms with Gasteiger partial charge in [0.1, 0.15) is 12.2 Å². The first kappa shape index (κ1) is 61.1. The fraction of sp³-hybridized carbons (Fsp3) is 0.648. The molecule has 0 radical (unpaired) electrons. The first-order valence-corrected chi connectivity index (χ1v) is 26.4. The minimum atomic E-state index is -4.55. The van der Waals surface area contributed by atoms with Gasteiger partial charge in [0.2, 0.25) is 0 Å². The Bertz CT molecular complexity index is 1360. The standard InChI is InChI=1S/C54H91O9P/c1-3-5-7-9-11-13-15-17-19-21-23-25-27-29-31-33-35-37-39-41-43-45-47-60-50-53(51-62-64(58,59)61-49-52(56)48-55)63-54(57)46-44-42-40-38-36-34-32-30-28-26-24-22-20-18-16-14-12-10-8-6-4-2/h5,7,11,13,16-19,22-25,28-31,35,37,52-53,55-56H,3-4,6,8-10,12,14-15,20-21,26-27,32-34,36,38-51H2,1-2H3,(H,58,59)/b7-5-,13-11-,18-16-,19-17-,24-22-,25-23-,30-28-,31-29-,37-35-. The van der Waals surface area contributed by atoms with Crippen LogP contribution in [0.1, 0.15) is 181 Å². The number of hydrogen-bond donors (Lipinski definition) is 3. The number of ether oxygens (including phenoxy) is 2. The molecule has 3 N–H and O–H groups in total. The third-order valence-corrected chi connectivity index (χ3v) is 10.9. The van der Waals surface area contributed by atoms with E-state index in [9.17, 15) is 19.4 Å². The summed E-state index contributed by atoms with van der Waals surface area (Å²) in [6.07, 6.45) is 64.8. The summed E-state index contributed by atoms with van der Waals surface area (Å²) < 4.78 is 33.4. The highest BCUT2D eigenvalue weighted by Crippen LogP contribution is 2.43. The third-order valence-electron chi connectivity index (χ3n) is 9.94. The van der Waals surface area contributed by atoms with Crippen molar-refractivity contribution >= 4 is 13.8 Å². The topological polar surface area (TPSA) is 132 Å². The van der Waals surface area contributed by atoms with E-state index in [1.807, 2.05) is 0 Å². The monoisotopic (exact) mass is 915 g/mol. The molecular weight excluding hydrogens is 824 g/mol. The van der Waals surface area contributed by atoms with Crippen molar-refractivity contribution in [3.05, 3.63) is 109 Å². The molecule has 64 heavy (non-hydrogen) atoms. The lowest BCUT2D eigenvalue weighted by atomic mass is 10.1. The molecular formula is C54H91O9P. The highest BCUT2D eigenvalue weighted by molar-refractivity contribution is 7.47. The molecule has 0 amide bonds. The number of aliphatic hydroxyl groups is 2. The maximum Gasteiger partial charge on any atom is 0.472 e. The van der Waals surface area contributed by atoms with Crippen LogP contribution in [-0.2, 0) is 27.9 Å². The molecule has 0 aromatic heterocycles. The lowest BCUT2D eigenvalue weighted by molar-refractivity contribution is -0.154. The second kappa shape index (κ2) is 49.6. The fourth-order valence-electron chi connectivity index (χ4n) is 6.19. The van der Waals surface area contributed by atoms with Gasteiger partial charge in [-0.15, -0.1) is 0 Å². The number of carbonyl (C=O) groups excluding carboxylic acids is 1. The molecule has 0 aliphatic heterocycles. The number of esters is 1. The van der Waals surface area contributed by atoms with Gasteiger partial charge in [-0.1, -0.05) is 181 Å². The average Bonchev–Trinajstić information content (AvgIpc) is 3.29. The van der Waals surface area contributed by atoms with Crippen molar-refractivity contribution in [1.29, 1.82) is 0 Å². The van der Waals surface area contributed by atoms with Crippen molar-refractivity contribution in [3.8, 4) is 0 Å². The Hall–Kier alpha value is -2.88. The summed E-state index contributed by atoms with van der Waals surface area (Å²) in [5, 5.41) is 18.4. The van der Waals surface area contributed by atoms with Gasteiger partial charge in [-0.25, -0.2) is 4.57 Å². The van der Waals surface area contributed by atoms with E-state index in [1.54, 1.807) is 0 Å². The van der Waals surface area contributed by atoms with Gasteiger partial charge < -0.3 is 24.6 Å². The predicted octanol–water partition coefficient (Wildman–Crippen LogP) is 14.6. The molecule has 0 aliphatic rings. The molecule has 0 aromatic rings. The Morgan fingerprint density at radius 1 is 0.500 bits per heavy atom. The normalized spacial score (nSPS) is 14.8. The zero-order valence-corrected chi connectivity index (χ0v) is 41.1. The summed E-state index contributed by atoms with van der Waals surface area (Å²) >= 11 is 0. The quantitative estimate of drug-likeness (QED) is 0.0236. The highest BCUT2D eigenvalue weighted by atomic mass is 31.2. The molecule has 10 heteroatoms. The molecule has 0 heterocycles. The Balaban J connectivity index is 4.24. The molecule has 0 fully saturated rings. The molecule has 0 saturated carbocycles. The fourth-order valence-corrected chi connectivity index (χ4v) is 6.98. The first-order chi connectivity index (χ1) is 31.3. The van der Waals surface area contributed by atoms with Gasteiger partial charge >= 0.3 is 13.8 Å². The van der Waals surface area contributed by atoms with Crippen molar-refractivity contribution in [3.63, 3.8) is 0 Å². The van der Waals surface area contributed by atoms with Gasteiger partial charge in [0.25, 0.3) is 0 Å². The first-order valence-electron chi connectivity index (χ1n) is 24.9. The highest BCUT2D eigenvalue weighted by Gasteiger charge is 2.26. The van der Waals surface area contributed by atoms with Gasteiger partial charge in [-0.2, -0.15) is 0 Å². The van der Waals surface area contributed by atoms with Crippen LogP contribution in [0.3, 0.4) is 0 Å². The number of carbonyl (C=O) groups is 1. The van der Waals surface area contributed by atoms with Gasteiger partial charge in [0, 0.05) is 13.0 Å². The number of hydrogen-bond acceptors (Lipinski definition) is 8. The molecule has 3 unspecified atom stereocenters. The van der Waals surface area contributed by atoms with E-state index in [2.05, 4.69) is 123 Å². The number of allylic oxidation sites excluding steroid dienone is 18. The number of phosphoric acid groups is 1. The summed E-state index contributed by atoms with van der Waals surface area (Å²) in [5.74, 6) is -0.411. The summed E-state index contributed by atoms with van der Waals surface area (Å²) in [4.78, 5) is 22.7. The average molecular weight is 915 g/mol. The Kier molecular flexibility index (Phi) is 47.3. The molecule has 366 valence electrons. The van der Waals surface area contributed by atoms with E-state index in [0.717, 1.165) is 116 Å². The maximum atomic E-state index is 12.7. The SMILES string of the molecule is CC/C=C\C/C=C\C/C=C\C/C=C\C/C=C\C/C=C\CCCCCOCC(COP(=O)(O)OCC(O)CO)OC(=O)CCCCCCCC/C=C\C/C=C\C/C=C\CCCCCCC. The summed E-state index contributed by atoms with van der Waals surface area (Å²) in [6, 6.07) is 0. The summed E-state index contributed by atoms with van der Waals surface area (Å²) in [7, 11) is -4.55. The Morgan fingerprint density at radius 3 is 1.34 bits per heavy atom. The van der Waals surface area contributed by atoms with Gasteiger partial charge in [0.05, 0.1) is 26.4 Å². The number of unbranched alkanes of at least 4 members (excludes halogenated alkanes) is 14. The van der Waals surface area contributed by atoms with E-state index in [0.29, 0.717) is 13.0 Å².